The standard InChI is InChI=1S/C17H16BrFO/c18-13-8-12(9-14(19)10-13)17(20)16-7-2-1-6-15(16)11-4-3-5-11/h1-2,6-11,17,20H,3-5H2. The third kappa shape index (κ3) is 2.65. The summed E-state index contributed by atoms with van der Waals surface area (Å²) in [5.74, 6) is 0.201. The Morgan fingerprint density at radius 3 is 2.55 bits per heavy atom. The maximum atomic E-state index is 13.5. The molecule has 0 aliphatic heterocycles. The Labute approximate surface area is 126 Å². The SMILES string of the molecule is OC(c1cc(F)cc(Br)c1)c1ccccc1C1CCC1. The molecule has 0 aromatic heterocycles. The van der Waals surface area contributed by atoms with E-state index in [0.717, 1.165) is 5.56 Å². The number of halogens is 2. The molecular weight excluding hydrogens is 319 g/mol. The van der Waals surface area contributed by atoms with E-state index in [2.05, 4.69) is 22.0 Å². The summed E-state index contributed by atoms with van der Waals surface area (Å²) in [6.45, 7) is 0. The first-order chi connectivity index (χ1) is 9.65. The van der Waals surface area contributed by atoms with Gasteiger partial charge in [0.05, 0.1) is 0 Å². The van der Waals surface area contributed by atoms with Crippen LogP contribution in [0, 0.1) is 5.82 Å². The molecule has 3 rings (SSSR count). The van der Waals surface area contributed by atoms with Crippen molar-refractivity contribution in [2.45, 2.75) is 31.3 Å². The molecule has 2 aromatic carbocycles. The molecule has 1 nitrogen and oxygen atoms in total. The van der Waals surface area contributed by atoms with E-state index in [9.17, 15) is 9.50 Å². The van der Waals surface area contributed by atoms with Crippen LogP contribution in [0.4, 0.5) is 4.39 Å². The molecule has 20 heavy (non-hydrogen) atoms. The average Bonchev–Trinajstić information content (AvgIpc) is 2.35. The minimum absolute atomic E-state index is 0.338. The van der Waals surface area contributed by atoms with Crippen molar-refractivity contribution in [1.82, 2.24) is 0 Å². The van der Waals surface area contributed by atoms with Gasteiger partial charge >= 0.3 is 0 Å². The monoisotopic (exact) mass is 334 g/mol. The number of benzene rings is 2. The predicted octanol–water partition coefficient (Wildman–Crippen LogP) is 4.94. The fraction of sp³-hybridized carbons (Fsp3) is 0.294. The molecule has 1 aliphatic carbocycles. The zero-order chi connectivity index (χ0) is 14.1. The fourth-order valence-electron chi connectivity index (χ4n) is 2.76. The van der Waals surface area contributed by atoms with Crippen molar-refractivity contribution in [1.29, 1.82) is 0 Å². The van der Waals surface area contributed by atoms with Crippen molar-refractivity contribution in [3.63, 3.8) is 0 Å². The third-order valence-corrected chi connectivity index (χ3v) is 4.49. The van der Waals surface area contributed by atoms with Crippen molar-refractivity contribution in [2.75, 3.05) is 0 Å². The van der Waals surface area contributed by atoms with Gasteiger partial charge in [-0.3, -0.25) is 0 Å². The molecule has 0 heterocycles. The van der Waals surface area contributed by atoms with Crippen LogP contribution in [0.3, 0.4) is 0 Å². The Hall–Kier alpha value is -1.19. The summed E-state index contributed by atoms with van der Waals surface area (Å²) in [6, 6.07) is 12.5. The zero-order valence-corrected chi connectivity index (χ0v) is 12.6. The molecule has 1 saturated carbocycles. The molecular formula is C17H16BrFO. The van der Waals surface area contributed by atoms with Gasteiger partial charge in [-0.1, -0.05) is 46.6 Å². The molecule has 0 saturated heterocycles. The second-order valence-electron chi connectivity index (χ2n) is 5.36. The van der Waals surface area contributed by atoms with Crippen molar-refractivity contribution < 1.29 is 9.50 Å². The Morgan fingerprint density at radius 1 is 1.15 bits per heavy atom. The summed E-state index contributed by atoms with van der Waals surface area (Å²) < 4.78 is 14.1. The van der Waals surface area contributed by atoms with Crippen molar-refractivity contribution in [3.8, 4) is 0 Å². The van der Waals surface area contributed by atoms with Crippen LogP contribution in [0.1, 0.15) is 48.0 Å². The van der Waals surface area contributed by atoms with Crippen molar-refractivity contribution >= 4 is 15.9 Å². The van der Waals surface area contributed by atoms with Gasteiger partial charge in [-0.05, 0) is 53.6 Å². The summed E-state index contributed by atoms with van der Waals surface area (Å²) in [5.41, 5.74) is 2.69. The summed E-state index contributed by atoms with van der Waals surface area (Å²) in [5, 5.41) is 10.6. The largest absolute Gasteiger partial charge is 0.384 e. The van der Waals surface area contributed by atoms with Crippen molar-refractivity contribution in [3.05, 3.63) is 69.4 Å². The van der Waals surface area contributed by atoms with E-state index in [1.165, 1.54) is 37.0 Å². The molecule has 0 bridgehead atoms. The molecule has 1 unspecified atom stereocenters. The molecule has 3 heteroatoms. The summed E-state index contributed by atoms with van der Waals surface area (Å²) in [6.07, 6.45) is 2.83. The second kappa shape index (κ2) is 5.66. The van der Waals surface area contributed by atoms with Crippen LogP contribution in [-0.2, 0) is 0 Å². The minimum Gasteiger partial charge on any atom is -0.384 e. The summed E-state index contributed by atoms with van der Waals surface area (Å²) in [7, 11) is 0. The first-order valence-electron chi connectivity index (χ1n) is 6.88. The minimum atomic E-state index is -0.779. The van der Waals surface area contributed by atoms with Crippen LogP contribution in [0.25, 0.3) is 0 Å². The van der Waals surface area contributed by atoms with E-state index < -0.39 is 6.10 Å². The maximum absolute atomic E-state index is 13.5. The lowest BCUT2D eigenvalue weighted by molar-refractivity contribution is 0.216. The lowest BCUT2D eigenvalue weighted by Gasteiger charge is -2.29. The quantitative estimate of drug-likeness (QED) is 0.843. The molecule has 0 amide bonds. The van der Waals surface area contributed by atoms with Crippen LogP contribution >= 0.6 is 15.9 Å². The summed E-state index contributed by atoms with van der Waals surface area (Å²) >= 11 is 3.28. The highest BCUT2D eigenvalue weighted by Crippen LogP contribution is 2.40. The Morgan fingerprint density at radius 2 is 1.90 bits per heavy atom. The average molecular weight is 335 g/mol. The molecule has 2 aromatic rings. The molecule has 1 aliphatic rings. The number of aliphatic hydroxyl groups excluding tert-OH is 1. The zero-order valence-electron chi connectivity index (χ0n) is 11.0. The third-order valence-electron chi connectivity index (χ3n) is 4.04. The molecule has 104 valence electrons. The lowest BCUT2D eigenvalue weighted by atomic mass is 9.77. The van der Waals surface area contributed by atoms with Gasteiger partial charge in [0.1, 0.15) is 11.9 Å². The van der Waals surface area contributed by atoms with Crippen LogP contribution in [0.5, 0.6) is 0 Å². The first kappa shape index (κ1) is 13.8. The predicted molar refractivity (Wildman–Crippen MR) is 81.2 cm³/mol. The van der Waals surface area contributed by atoms with Gasteiger partial charge in [0, 0.05) is 4.47 Å². The van der Waals surface area contributed by atoms with E-state index in [1.54, 1.807) is 6.07 Å². The second-order valence-corrected chi connectivity index (χ2v) is 6.28. The Balaban J connectivity index is 1.99. The smallest absolute Gasteiger partial charge is 0.124 e. The topological polar surface area (TPSA) is 20.2 Å². The van der Waals surface area contributed by atoms with E-state index in [1.807, 2.05) is 18.2 Å². The van der Waals surface area contributed by atoms with E-state index in [0.29, 0.717) is 16.0 Å². The highest BCUT2D eigenvalue weighted by molar-refractivity contribution is 9.10. The van der Waals surface area contributed by atoms with Gasteiger partial charge in [0.25, 0.3) is 0 Å². The van der Waals surface area contributed by atoms with Crippen LogP contribution in [0.2, 0.25) is 0 Å². The highest BCUT2D eigenvalue weighted by atomic mass is 79.9. The first-order valence-corrected chi connectivity index (χ1v) is 7.67. The van der Waals surface area contributed by atoms with Gasteiger partial charge in [0.15, 0.2) is 0 Å². The van der Waals surface area contributed by atoms with E-state index in [-0.39, 0.29) is 5.82 Å². The van der Waals surface area contributed by atoms with Crippen LogP contribution < -0.4 is 0 Å². The Bertz CT molecular complexity index is 602. The number of hydrogen-bond donors (Lipinski definition) is 1. The molecule has 1 atom stereocenters. The Kier molecular flexibility index (Phi) is 3.90. The summed E-state index contributed by atoms with van der Waals surface area (Å²) in [4.78, 5) is 0. The number of rotatable bonds is 3. The van der Waals surface area contributed by atoms with E-state index in [4.69, 9.17) is 0 Å². The highest BCUT2D eigenvalue weighted by Gasteiger charge is 2.25. The lowest BCUT2D eigenvalue weighted by Crippen LogP contribution is -2.13. The van der Waals surface area contributed by atoms with Crippen LogP contribution in [-0.4, -0.2) is 5.11 Å². The normalized spacial score (nSPS) is 16.8. The van der Waals surface area contributed by atoms with Gasteiger partial charge < -0.3 is 5.11 Å². The molecule has 1 N–H and O–H groups in total. The van der Waals surface area contributed by atoms with E-state index >= 15 is 0 Å². The molecule has 0 radical (unpaired) electrons. The maximum Gasteiger partial charge on any atom is 0.124 e. The van der Waals surface area contributed by atoms with Gasteiger partial charge in [-0.25, -0.2) is 4.39 Å². The number of hydrogen-bond acceptors (Lipinski definition) is 1. The van der Waals surface area contributed by atoms with Crippen LogP contribution in [0.15, 0.2) is 46.9 Å². The molecule has 0 spiro atoms. The van der Waals surface area contributed by atoms with Gasteiger partial charge in [0.2, 0.25) is 0 Å². The fourth-order valence-corrected chi connectivity index (χ4v) is 3.25. The van der Waals surface area contributed by atoms with Gasteiger partial charge in [-0.2, -0.15) is 0 Å². The number of aliphatic hydroxyl groups is 1. The van der Waals surface area contributed by atoms with Crippen molar-refractivity contribution in [2.24, 2.45) is 0 Å². The molecule has 1 fully saturated rings. The van der Waals surface area contributed by atoms with Gasteiger partial charge in [-0.15, -0.1) is 0 Å².